The van der Waals surface area contributed by atoms with E-state index in [1.807, 2.05) is 36.4 Å². The van der Waals surface area contributed by atoms with Crippen LogP contribution >= 0.6 is 0 Å². The number of fused-ring (bicyclic) bond motifs is 2. The summed E-state index contributed by atoms with van der Waals surface area (Å²) in [5.74, 6) is -1.53. The first-order valence-corrected chi connectivity index (χ1v) is 17.2. The van der Waals surface area contributed by atoms with Gasteiger partial charge in [-0.2, -0.15) is 0 Å². The molecule has 2 bridgehead atoms. The molecule has 44 heavy (non-hydrogen) atoms. The number of aliphatic hydroxyl groups is 1. The van der Waals surface area contributed by atoms with Crippen LogP contribution in [0.5, 0.6) is 0 Å². The highest BCUT2D eigenvalue weighted by molar-refractivity contribution is 6.99. The molecule has 8 nitrogen and oxygen atoms in total. The van der Waals surface area contributed by atoms with Gasteiger partial charge in [0, 0.05) is 44.2 Å². The normalized spacial score (nSPS) is 24.5. The Morgan fingerprint density at radius 1 is 0.955 bits per heavy atom. The second-order valence-electron chi connectivity index (χ2n) is 12.8. The van der Waals surface area contributed by atoms with E-state index >= 15 is 0 Å². The predicted molar refractivity (Wildman–Crippen MR) is 172 cm³/mol. The minimum absolute atomic E-state index is 0.0840. The lowest BCUT2D eigenvalue weighted by Crippen LogP contribution is -2.66. The van der Waals surface area contributed by atoms with Crippen molar-refractivity contribution < 1.29 is 38.4 Å². The molecule has 2 aliphatic carbocycles. The third-order valence-electron chi connectivity index (χ3n) is 9.50. The van der Waals surface area contributed by atoms with Crippen LogP contribution in [-0.2, 0) is 28.2 Å². The average molecular weight is 625 g/mol. The van der Waals surface area contributed by atoms with E-state index in [2.05, 4.69) is 51.6 Å². The fraction of sp³-hybridized carbons (Fsp3) is 0.514. The number of hydrogen-bond donors (Lipinski definition) is 2. The van der Waals surface area contributed by atoms with E-state index in [-0.39, 0.29) is 62.3 Å². The first-order valence-electron chi connectivity index (χ1n) is 15.3. The number of aliphatic hydroxyl groups excluding tert-OH is 1. The number of aliphatic carboxylic acids is 1. The van der Waals surface area contributed by atoms with Crippen molar-refractivity contribution >= 4 is 24.7 Å². The maximum absolute atomic E-state index is 12.9. The Hall–Kier alpha value is -2.63. The summed E-state index contributed by atoms with van der Waals surface area (Å²) < 4.78 is 28.8. The lowest BCUT2D eigenvalue weighted by molar-refractivity contribution is -0.133. The van der Waals surface area contributed by atoms with Crippen molar-refractivity contribution in [2.45, 2.75) is 51.2 Å². The van der Waals surface area contributed by atoms with Gasteiger partial charge in [-0.05, 0) is 45.3 Å². The van der Waals surface area contributed by atoms with Crippen LogP contribution in [0.3, 0.4) is 0 Å². The number of carboxylic acid groups (broad SMARTS) is 1. The molecule has 0 aromatic heterocycles. The van der Waals surface area contributed by atoms with Crippen molar-refractivity contribution in [3.8, 4) is 0 Å². The van der Waals surface area contributed by atoms with Crippen LogP contribution < -0.4 is 10.4 Å². The maximum atomic E-state index is 12.9. The second-order valence-corrected chi connectivity index (χ2v) is 17.1. The molecule has 2 aliphatic rings. The molecule has 2 fully saturated rings. The summed E-state index contributed by atoms with van der Waals surface area (Å²) in [4.78, 5) is 12.9. The summed E-state index contributed by atoms with van der Waals surface area (Å²) in [5, 5.41) is 24.3. The van der Waals surface area contributed by atoms with Gasteiger partial charge < -0.3 is 33.6 Å². The van der Waals surface area contributed by atoms with Gasteiger partial charge >= 0.3 is 5.97 Å². The third-order valence-corrected chi connectivity index (χ3v) is 14.5. The highest BCUT2D eigenvalue weighted by Crippen LogP contribution is 2.64. The zero-order valence-electron chi connectivity index (χ0n) is 26.7. The zero-order valence-corrected chi connectivity index (χ0v) is 27.7. The fourth-order valence-electron chi connectivity index (χ4n) is 7.74. The van der Waals surface area contributed by atoms with Crippen LogP contribution in [0.4, 0.5) is 0 Å². The minimum atomic E-state index is -2.87. The molecular weight excluding hydrogens is 576 g/mol. The van der Waals surface area contributed by atoms with Crippen molar-refractivity contribution in [1.29, 1.82) is 0 Å². The van der Waals surface area contributed by atoms with E-state index in [0.29, 0.717) is 5.57 Å². The molecule has 0 amide bonds. The molecule has 2 aromatic rings. The van der Waals surface area contributed by atoms with E-state index < -0.39 is 25.8 Å². The van der Waals surface area contributed by atoms with Crippen molar-refractivity contribution in [3.63, 3.8) is 0 Å². The molecule has 0 aliphatic heterocycles. The van der Waals surface area contributed by atoms with Crippen LogP contribution in [0.25, 0.3) is 0 Å². The quantitative estimate of drug-likeness (QED) is 0.0925. The molecule has 2 saturated carbocycles. The summed E-state index contributed by atoms with van der Waals surface area (Å²) >= 11 is 0. The summed E-state index contributed by atoms with van der Waals surface area (Å²) in [7, 11) is 0.245. The van der Waals surface area contributed by atoms with E-state index in [9.17, 15) is 15.0 Å². The largest absolute Gasteiger partial charge is 0.478 e. The number of hydrogen-bond acceptors (Lipinski definition) is 7. The van der Waals surface area contributed by atoms with Crippen LogP contribution in [0.1, 0.15) is 40.0 Å². The number of rotatable bonds is 16. The molecule has 0 saturated heterocycles. The standard InChI is InChI=1S/C35H48O8Si/c1-25(21-41-23-39-5)35(22-42-24-40-6)29-17-18-30(35)32(36)31(29)28(33(37)38)19-20-43-44(34(2,3)4,26-13-9-7-10-14-26)27-15-11-8-12-16-27/h7-16,29-30,32,36H,1,17-24H2,2-6H3,(H,37,38)/b31-28-/t29-,30+,32+,35?/m1/s1. The summed E-state index contributed by atoms with van der Waals surface area (Å²) in [5.41, 5.74) is 0.860. The Kier molecular flexibility index (Phi) is 11.4. The third kappa shape index (κ3) is 6.37. The van der Waals surface area contributed by atoms with E-state index in [0.717, 1.165) is 28.8 Å². The molecule has 2 aromatic carbocycles. The number of ether oxygens (including phenoxy) is 4. The topological polar surface area (TPSA) is 104 Å². The van der Waals surface area contributed by atoms with Gasteiger partial charge in [-0.25, -0.2) is 4.79 Å². The Morgan fingerprint density at radius 3 is 2.05 bits per heavy atom. The molecule has 4 atom stereocenters. The zero-order chi connectivity index (χ0) is 32.0. The molecular formula is C35H48O8Si. The lowest BCUT2D eigenvalue weighted by atomic mass is 9.71. The van der Waals surface area contributed by atoms with E-state index in [1.54, 1.807) is 14.2 Å². The highest BCUT2D eigenvalue weighted by Gasteiger charge is 2.63. The molecule has 0 spiro atoms. The van der Waals surface area contributed by atoms with Gasteiger partial charge in [-0.1, -0.05) is 88.0 Å². The molecule has 9 heteroatoms. The number of carboxylic acids is 1. The van der Waals surface area contributed by atoms with Gasteiger partial charge in [-0.15, -0.1) is 0 Å². The second kappa shape index (κ2) is 14.6. The van der Waals surface area contributed by atoms with Gasteiger partial charge in [0.15, 0.2) is 0 Å². The van der Waals surface area contributed by atoms with Crippen molar-refractivity contribution in [1.82, 2.24) is 0 Å². The SMILES string of the molecule is C=C(COCOC)C1(COCOC)[C@@H]2CC[C@H]1[C@H](O)/C2=C(/CCO[Si](c1ccccc1)(c1ccccc1)C(C)(C)C)C(=O)O. The van der Waals surface area contributed by atoms with E-state index in [4.69, 9.17) is 23.4 Å². The molecule has 0 heterocycles. The van der Waals surface area contributed by atoms with Gasteiger partial charge in [0.25, 0.3) is 8.32 Å². The monoisotopic (exact) mass is 624 g/mol. The van der Waals surface area contributed by atoms with Gasteiger partial charge in [0.1, 0.15) is 13.6 Å². The molecule has 0 radical (unpaired) electrons. The minimum Gasteiger partial charge on any atom is -0.478 e. The smallest absolute Gasteiger partial charge is 0.331 e. The van der Waals surface area contributed by atoms with Crippen LogP contribution in [0.15, 0.2) is 84.0 Å². The van der Waals surface area contributed by atoms with Gasteiger partial charge in [0.2, 0.25) is 0 Å². The van der Waals surface area contributed by atoms with Crippen molar-refractivity contribution in [2.75, 3.05) is 47.6 Å². The predicted octanol–water partition coefficient (Wildman–Crippen LogP) is 4.52. The molecule has 240 valence electrons. The Labute approximate surface area is 262 Å². The lowest BCUT2D eigenvalue weighted by Gasteiger charge is -2.43. The maximum Gasteiger partial charge on any atom is 0.331 e. The Balaban J connectivity index is 1.71. The van der Waals surface area contributed by atoms with E-state index in [1.165, 1.54) is 0 Å². The molecule has 2 N–H and O–H groups in total. The summed E-state index contributed by atoms with van der Waals surface area (Å²) in [6.45, 7) is 11.8. The van der Waals surface area contributed by atoms with Crippen LogP contribution in [0, 0.1) is 17.3 Å². The van der Waals surface area contributed by atoms with Gasteiger partial charge in [0.05, 0.1) is 19.3 Å². The Morgan fingerprint density at radius 2 is 1.52 bits per heavy atom. The summed E-state index contributed by atoms with van der Waals surface area (Å²) in [6, 6.07) is 20.6. The molecule has 4 rings (SSSR count). The first-order chi connectivity index (χ1) is 21.1. The molecule has 1 unspecified atom stereocenters. The number of methoxy groups -OCH3 is 2. The highest BCUT2D eigenvalue weighted by atomic mass is 28.4. The number of benzene rings is 2. The first kappa shape index (κ1) is 34.2. The average Bonchev–Trinajstić information content (AvgIpc) is 3.48. The van der Waals surface area contributed by atoms with Crippen LogP contribution in [0.2, 0.25) is 5.04 Å². The Bertz CT molecular complexity index is 1250. The van der Waals surface area contributed by atoms with Gasteiger partial charge in [-0.3, -0.25) is 0 Å². The van der Waals surface area contributed by atoms with Crippen LogP contribution in [-0.4, -0.2) is 78.2 Å². The van der Waals surface area contributed by atoms with Crippen molar-refractivity contribution in [3.05, 3.63) is 84.0 Å². The number of carbonyl (C=O) groups is 1. The summed E-state index contributed by atoms with van der Waals surface area (Å²) in [6.07, 6.45) is 0.693. The fourth-order valence-corrected chi connectivity index (χ4v) is 12.3. The van der Waals surface area contributed by atoms with Crippen molar-refractivity contribution in [2.24, 2.45) is 17.3 Å².